The number of ether oxygens (including phenoxy) is 1. The van der Waals surface area contributed by atoms with Gasteiger partial charge in [-0.05, 0) is 18.6 Å². The van der Waals surface area contributed by atoms with Crippen molar-refractivity contribution in [1.29, 1.82) is 0 Å². The van der Waals surface area contributed by atoms with Crippen molar-refractivity contribution in [1.82, 2.24) is 19.7 Å². The van der Waals surface area contributed by atoms with Crippen molar-refractivity contribution >= 4 is 22.7 Å². The maximum Gasteiger partial charge on any atom is 0.435 e. The first-order valence-corrected chi connectivity index (χ1v) is 10.2. The molecule has 0 aliphatic rings. The third-order valence-electron chi connectivity index (χ3n) is 5.44. The Balaban J connectivity index is 2.04. The van der Waals surface area contributed by atoms with Crippen LogP contribution in [0.1, 0.15) is 37.8 Å². The minimum atomic E-state index is -4.93. The molecule has 3 heterocycles. The summed E-state index contributed by atoms with van der Waals surface area (Å²) in [5.74, 6) is -1.82. The maximum atomic E-state index is 14.2. The fraction of sp³-hybridized carbons (Fsp3) is 0.174. The van der Waals surface area contributed by atoms with Gasteiger partial charge in [0.15, 0.2) is 5.69 Å². The molecule has 0 atom stereocenters. The molecule has 2 amide bonds. The fourth-order valence-electron chi connectivity index (χ4n) is 3.89. The van der Waals surface area contributed by atoms with Crippen LogP contribution in [0.5, 0.6) is 5.88 Å². The summed E-state index contributed by atoms with van der Waals surface area (Å²) in [4.78, 5) is 33.1. The summed E-state index contributed by atoms with van der Waals surface area (Å²) in [6.45, 7) is 1.31. The molecule has 0 saturated heterocycles. The van der Waals surface area contributed by atoms with Crippen LogP contribution in [0.2, 0.25) is 0 Å². The Bertz CT molecular complexity index is 1460. The molecule has 9 nitrogen and oxygen atoms in total. The number of rotatable bonds is 6. The smallest absolute Gasteiger partial charge is 0.435 e. The van der Waals surface area contributed by atoms with E-state index in [1.807, 2.05) is 0 Å². The Morgan fingerprint density at radius 3 is 2.34 bits per heavy atom. The Hall–Kier alpha value is -4.48. The van der Waals surface area contributed by atoms with Crippen LogP contribution in [0.4, 0.5) is 13.2 Å². The highest BCUT2D eigenvalue weighted by molar-refractivity contribution is 6.15. The van der Waals surface area contributed by atoms with E-state index in [1.165, 1.54) is 32.4 Å². The molecule has 0 saturated carbocycles. The highest BCUT2D eigenvalue weighted by Gasteiger charge is 2.41. The Labute approximate surface area is 196 Å². The monoisotopic (exact) mass is 484 g/mol. The first-order valence-electron chi connectivity index (χ1n) is 10.2. The largest absolute Gasteiger partial charge is 0.481 e. The normalized spacial score (nSPS) is 11.6. The number of nitrogens with two attached hydrogens (primary N) is 2. The number of halogens is 3. The van der Waals surface area contributed by atoms with Crippen LogP contribution in [0.25, 0.3) is 22.0 Å². The molecule has 1 aromatic carbocycles. The number of methoxy groups -OCH3 is 1. The van der Waals surface area contributed by atoms with Crippen molar-refractivity contribution in [3.05, 3.63) is 70.8 Å². The van der Waals surface area contributed by atoms with Gasteiger partial charge < -0.3 is 16.2 Å². The lowest BCUT2D eigenvalue weighted by atomic mass is 9.92. The van der Waals surface area contributed by atoms with E-state index in [0.717, 1.165) is 4.68 Å². The van der Waals surface area contributed by atoms with E-state index in [9.17, 15) is 22.8 Å². The van der Waals surface area contributed by atoms with Gasteiger partial charge in [0.25, 0.3) is 5.91 Å². The van der Waals surface area contributed by atoms with Crippen molar-refractivity contribution in [2.24, 2.45) is 11.5 Å². The van der Waals surface area contributed by atoms with Crippen LogP contribution in [0.15, 0.2) is 42.6 Å². The minimum Gasteiger partial charge on any atom is -0.481 e. The summed E-state index contributed by atoms with van der Waals surface area (Å²) in [7, 11) is 1.44. The average molecular weight is 484 g/mol. The molecule has 0 unspecified atom stereocenters. The Morgan fingerprint density at radius 1 is 1.06 bits per heavy atom. The predicted octanol–water partition coefficient (Wildman–Crippen LogP) is 3.08. The number of benzene rings is 1. The molecule has 3 aromatic heterocycles. The summed E-state index contributed by atoms with van der Waals surface area (Å²) in [5.41, 5.74) is 8.81. The Kier molecular flexibility index (Phi) is 5.89. The zero-order valence-corrected chi connectivity index (χ0v) is 18.6. The van der Waals surface area contributed by atoms with Crippen molar-refractivity contribution in [3.8, 4) is 17.0 Å². The second-order valence-electron chi connectivity index (χ2n) is 7.63. The van der Waals surface area contributed by atoms with Gasteiger partial charge in [-0.1, -0.05) is 24.3 Å². The van der Waals surface area contributed by atoms with E-state index in [4.69, 9.17) is 16.2 Å². The summed E-state index contributed by atoms with van der Waals surface area (Å²) in [5, 5.41) is 3.96. The molecule has 0 aliphatic heterocycles. The number of para-hydroxylation sites is 1. The van der Waals surface area contributed by atoms with Gasteiger partial charge in [0.2, 0.25) is 11.8 Å². The fourth-order valence-corrected chi connectivity index (χ4v) is 3.89. The lowest BCUT2D eigenvalue weighted by Gasteiger charge is -2.16. The number of aromatic nitrogens is 4. The highest BCUT2D eigenvalue weighted by Crippen LogP contribution is 2.42. The molecule has 0 fully saturated rings. The molecule has 180 valence electrons. The predicted molar refractivity (Wildman–Crippen MR) is 120 cm³/mol. The van der Waals surface area contributed by atoms with Crippen molar-refractivity contribution in [2.45, 2.75) is 19.6 Å². The molecular weight excluding hydrogens is 465 g/mol. The molecule has 35 heavy (non-hydrogen) atoms. The van der Waals surface area contributed by atoms with Gasteiger partial charge in [0.05, 0.1) is 24.7 Å². The number of primary amides is 2. The summed E-state index contributed by atoms with van der Waals surface area (Å²) >= 11 is 0. The number of amides is 2. The zero-order valence-electron chi connectivity index (χ0n) is 18.6. The van der Waals surface area contributed by atoms with E-state index >= 15 is 0 Å². The van der Waals surface area contributed by atoms with Crippen LogP contribution in [0, 0.1) is 6.92 Å². The highest BCUT2D eigenvalue weighted by atomic mass is 19.4. The molecule has 4 rings (SSSR count). The molecule has 4 N–H and O–H groups in total. The summed E-state index contributed by atoms with van der Waals surface area (Å²) < 4.78 is 48.7. The van der Waals surface area contributed by atoms with Crippen LogP contribution in [-0.4, -0.2) is 38.7 Å². The van der Waals surface area contributed by atoms with Gasteiger partial charge in [-0.2, -0.15) is 18.3 Å². The average Bonchev–Trinajstić information content (AvgIpc) is 3.14. The van der Waals surface area contributed by atoms with Crippen molar-refractivity contribution in [2.75, 3.05) is 7.11 Å². The molecular formula is C23H19F3N6O3. The van der Waals surface area contributed by atoms with E-state index in [-0.39, 0.29) is 28.7 Å². The third-order valence-corrected chi connectivity index (χ3v) is 5.44. The number of nitrogens with zero attached hydrogens (tertiary/aromatic N) is 4. The number of pyridine rings is 2. The van der Waals surface area contributed by atoms with Crippen molar-refractivity contribution in [3.63, 3.8) is 0 Å². The van der Waals surface area contributed by atoms with Crippen LogP contribution in [0.3, 0.4) is 0 Å². The van der Waals surface area contributed by atoms with Gasteiger partial charge in [0, 0.05) is 34.5 Å². The number of hydrogen-bond acceptors (Lipinski definition) is 6. The first-order chi connectivity index (χ1) is 16.5. The van der Waals surface area contributed by atoms with Gasteiger partial charge in [-0.3, -0.25) is 14.3 Å². The number of alkyl halides is 3. The molecule has 0 bridgehead atoms. The van der Waals surface area contributed by atoms with E-state index in [0.29, 0.717) is 11.4 Å². The van der Waals surface area contributed by atoms with E-state index in [2.05, 4.69) is 15.1 Å². The second-order valence-corrected chi connectivity index (χ2v) is 7.63. The van der Waals surface area contributed by atoms with E-state index < -0.39 is 40.5 Å². The number of carbonyl (C=O) groups is 2. The maximum absolute atomic E-state index is 14.2. The summed E-state index contributed by atoms with van der Waals surface area (Å²) in [6, 6.07) is 9.33. The molecule has 0 radical (unpaired) electrons. The zero-order chi connectivity index (χ0) is 25.5. The third kappa shape index (κ3) is 4.25. The van der Waals surface area contributed by atoms with Crippen LogP contribution < -0.4 is 16.2 Å². The quantitative estimate of drug-likeness (QED) is 0.431. The van der Waals surface area contributed by atoms with Gasteiger partial charge in [0.1, 0.15) is 5.69 Å². The first kappa shape index (κ1) is 23.7. The lowest BCUT2D eigenvalue weighted by Crippen LogP contribution is -2.21. The summed E-state index contributed by atoms with van der Waals surface area (Å²) in [6.07, 6.45) is -3.49. The number of fused-ring (bicyclic) bond motifs is 1. The molecule has 12 heteroatoms. The van der Waals surface area contributed by atoms with Crippen LogP contribution >= 0.6 is 0 Å². The molecule has 4 aromatic rings. The number of carbonyl (C=O) groups excluding carboxylic acids is 2. The van der Waals surface area contributed by atoms with E-state index in [1.54, 1.807) is 24.3 Å². The van der Waals surface area contributed by atoms with Gasteiger partial charge in [-0.25, -0.2) is 9.97 Å². The number of hydrogen-bond donors (Lipinski definition) is 2. The van der Waals surface area contributed by atoms with Crippen molar-refractivity contribution < 1.29 is 27.5 Å². The van der Waals surface area contributed by atoms with Crippen LogP contribution in [-0.2, 0) is 12.7 Å². The second kappa shape index (κ2) is 8.70. The molecule has 0 spiro atoms. The molecule has 0 aliphatic carbocycles. The Morgan fingerprint density at radius 2 is 1.77 bits per heavy atom. The lowest BCUT2D eigenvalue weighted by molar-refractivity contribution is -0.141. The standard InChI is InChI=1S/C23H19F3N6O3/c1-11-16(18-17(21(27)33)13-5-3-4-6-14(13)30-19(18)22(28)34)20(23(24,25)26)31-32(11)10-12-7-8-15(35-2)29-9-12/h3-9H,10H2,1-2H3,(H2,27,33)(H2,28,34). The van der Waals surface area contributed by atoms with Gasteiger partial charge >= 0.3 is 6.18 Å². The van der Waals surface area contributed by atoms with Gasteiger partial charge in [-0.15, -0.1) is 0 Å². The minimum absolute atomic E-state index is 0.0234. The SMILES string of the molecule is COc1ccc(Cn2nc(C(F)(F)F)c(-c3c(C(N)=O)nc4ccccc4c3C(N)=O)c2C)cn1. The topological polar surface area (TPSA) is 139 Å².